The van der Waals surface area contributed by atoms with Gasteiger partial charge in [0.15, 0.2) is 0 Å². The van der Waals surface area contributed by atoms with Crippen molar-refractivity contribution in [3.63, 3.8) is 0 Å². The summed E-state index contributed by atoms with van der Waals surface area (Å²) in [7, 11) is 2.13. The fourth-order valence-corrected chi connectivity index (χ4v) is 3.56. The van der Waals surface area contributed by atoms with Crippen LogP contribution in [0.25, 0.3) is 11.0 Å². The second-order valence-corrected chi connectivity index (χ2v) is 6.51. The van der Waals surface area contributed by atoms with Crippen LogP contribution in [-0.4, -0.2) is 22.6 Å². The maximum absolute atomic E-state index is 4.86. The van der Waals surface area contributed by atoms with Gasteiger partial charge in [-0.05, 0) is 56.5 Å². The van der Waals surface area contributed by atoms with E-state index in [1.807, 2.05) is 0 Å². The number of rotatable bonds is 2. The summed E-state index contributed by atoms with van der Waals surface area (Å²) in [5.41, 5.74) is 3.61. The molecule has 3 rings (SSSR count). The van der Waals surface area contributed by atoms with Crippen molar-refractivity contribution < 1.29 is 0 Å². The number of benzene rings is 1. The molecule has 1 aromatic carbocycles. The molecule has 0 radical (unpaired) electrons. The molecule has 102 valence electrons. The van der Waals surface area contributed by atoms with E-state index in [4.69, 9.17) is 4.98 Å². The van der Waals surface area contributed by atoms with E-state index in [0.29, 0.717) is 0 Å². The zero-order valence-electron chi connectivity index (χ0n) is 11.5. The number of hydrogen-bond acceptors (Lipinski definition) is 2. The highest BCUT2D eigenvalue weighted by molar-refractivity contribution is 9.10. The van der Waals surface area contributed by atoms with E-state index in [2.05, 4.69) is 51.9 Å². The van der Waals surface area contributed by atoms with Gasteiger partial charge < -0.3 is 9.88 Å². The lowest BCUT2D eigenvalue weighted by Crippen LogP contribution is -2.31. The maximum atomic E-state index is 4.86. The highest BCUT2D eigenvalue weighted by Gasteiger charge is 2.18. The van der Waals surface area contributed by atoms with Crippen molar-refractivity contribution in [3.05, 3.63) is 28.0 Å². The monoisotopic (exact) mass is 321 g/mol. The second-order valence-electron chi connectivity index (χ2n) is 5.59. The Kier molecular flexibility index (Phi) is 3.63. The summed E-state index contributed by atoms with van der Waals surface area (Å²) in [6, 6.07) is 4.30. The number of nitrogens with one attached hydrogen (secondary N) is 1. The van der Waals surface area contributed by atoms with E-state index in [1.165, 1.54) is 36.3 Å². The third kappa shape index (κ3) is 2.56. The topological polar surface area (TPSA) is 29.9 Å². The molecule has 1 unspecified atom stereocenters. The summed E-state index contributed by atoms with van der Waals surface area (Å²) in [6.45, 7) is 4.43. The number of hydrogen-bond donors (Lipinski definition) is 1. The Morgan fingerprint density at radius 3 is 3.05 bits per heavy atom. The van der Waals surface area contributed by atoms with Crippen LogP contribution in [0.15, 0.2) is 16.6 Å². The zero-order chi connectivity index (χ0) is 13.4. The van der Waals surface area contributed by atoms with Crippen LogP contribution in [0.4, 0.5) is 0 Å². The van der Waals surface area contributed by atoms with Gasteiger partial charge in [0.2, 0.25) is 0 Å². The number of aromatic nitrogens is 2. The molecule has 19 heavy (non-hydrogen) atoms. The zero-order valence-corrected chi connectivity index (χ0v) is 13.1. The van der Waals surface area contributed by atoms with E-state index in [0.717, 1.165) is 28.9 Å². The maximum Gasteiger partial charge on any atom is 0.109 e. The van der Waals surface area contributed by atoms with Crippen LogP contribution in [-0.2, 0) is 13.5 Å². The Hall–Kier alpha value is -0.870. The highest BCUT2D eigenvalue weighted by Crippen LogP contribution is 2.25. The van der Waals surface area contributed by atoms with E-state index in [9.17, 15) is 0 Å². The predicted octanol–water partition coefficient (Wildman–Crippen LogP) is 3.19. The molecule has 1 saturated heterocycles. The third-order valence-electron chi connectivity index (χ3n) is 4.10. The lowest BCUT2D eigenvalue weighted by Gasteiger charge is -2.22. The molecule has 0 spiro atoms. The SMILES string of the molecule is Cc1cc(Br)cc2c1nc(CC1CCCNC1)n2C. The number of fused-ring (bicyclic) bond motifs is 1. The van der Waals surface area contributed by atoms with Crippen molar-refractivity contribution in [2.45, 2.75) is 26.2 Å². The van der Waals surface area contributed by atoms with Crippen molar-refractivity contribution in [1.82, 2.24) is 14.9 Å². The van der Waals surface area contributed by atoms with Crippen molar-refractivity contribution in [2.24, 2.45) is 13.0 Å². The number of piperidine rings is 1. The minimum Gasteiger partial charge on any atom is -0.331 e. The first kappa shape index (κ1) is 13.1. The molecule has 1 aromatic heterocycles. The first-order valence-corrected chi connectivity index (χ1v) is 7.76. The Balaban J connectivity index is 1.95. The Morgan fingerprint density at radius 2 is 2.32 bits per heavy atom. The number of imidazole rings is 1. The lowest BCUT2D eigenvalue weighted by molar-refractivity contribution is 0.368. The van der Waals surface area contributed by atoms with Crippen LogP contribution in [0.5, 0.6) is 0 Å². The van der Waals surface area contributed by atoms with Gasteiger partial charge in [0.1, 0.15) is 5.82 Å². The fraction of sp³-hybridized carbons (Fsp3) is 0.533. The first-order valence-electron chi connectivity index (χ1n) is 6.97. The Morgan fingerprint density at radius 1 is 1.47 bits per heavy atom. The average molecular weight is 322 g/mol. The molecule has 3 nitrogen and oxygen atoms in total. The standard InChI is InChI=1S/C15H20BrN3/c1-10-6-12(16)8-13-15(10)18-14(19(13)2)7-11-4-3-5-17-9-11/h6,8,11,17H,3-5,7,9H2,1-2H3. The smallest absolute Gasteiger partial charge is 0.109 e. The molecule has 1 atom stereocenters. The summed E-state index contributed by atoms with van der Waals surface area (Å²) >= 11 is 3.57. The molecule has 2 heterocycles. The summed E-state index contributed by atoms with van der Waals surface area (Å²) in [5, 5.41) is 3.48. The van der Waals surface area contributed by atoms with Crippen molar-refractivity contribution >= 4 is 27.0 Å². The van der Waals surface area contributed by atoms with Gasteiger partial charge in [-0.3, -0.25) is 0 Å². The van der Waals surface area contributed by atoms with E-state index < -0.39 is 0 Å². The molecular formula is C15H20BrN3. The van der Waals surface area contributed by atoms with Gasteiger partial charge in [0.25, 0.3) is 0 Å². The van der Waals surface area contributed by atoms with Crippen LogP contribution in [0.2, 0.25) is 0 Å². The summed E-state index contributed by atoms with van der Waals surface area (Å²) < 4.78 is 3.38. The second kappa shape index (κ2) is 5.25. The molecular weight excluding hydrogens is 302 g/mol. The van der Waals surface area contributed by atoms with Crippen molar-refractivity contribution in [1.29, 1.82) is 0 Å². The van der Waals surface area contributed by atoms with Crippen molar-refractivity contribution in [3.8, 4) is 0 Å². The fourth-order valence-electron chi connectivity index (χ4n) is 3.00. The van der Waals surface area contributed by atoms with Crippen LogP contribution >= 0.6 is 15.9 Å². The summed E-state index contributed by atoms with van der Waals surface area (Å²) in [5.74, 6) is 1.94. The molecule has 0 saturated carbocycles. The van der Waals surface area contributed by atoms with Gasteiger partial charge in [-0.15, -0.1) is 0 Å². The minimum atomic E-state index is 0.730. The third-order valence-corrected chi connectivity index (χ3v) is 4.56. The largest absolute Gasteiger partial charge is 0.331 e. The summed E-state index contributed by atoms with van der Waals surface area (Å²) in [4.78, 5) is 4.86. The van der Waals surface area contributed by atoms with E-state index >= 15 is 0 Å². The molecule has 0 amide bonds. The molecule has 1 aliphatic heterocycles. The Labute approximate surface area is 122 Å². The predicted molar refractivity (Wildman–Crippen MR) is 82.4 cm³/mol. The molecule has 1 aliphatic rings. The van der Waals surface area contributed by atoms with Crippen LogP contribution in [0.3, 0.4) is 0 Å². The van der Waals surface area contributed by atoms with Gasteiger partial charge in [-0.1, -0.05) is 15.9 Å². The van der Waals surface area contributed by atoms with Crippen LogP contribution in [0, 0.1) is 12.8 Å². The molecule has 1 N–H and O–H groups in total. The quantitative estimate of drug-likeness (QED) is 0.920. The van der Waals surface area contributed by atoms with Crippen molar-refractivity contribution in [2.75, 3.05) is 13.1 Å². The minimum absolute atomic E-state index is 0.730. The van der Waals surface area contributed by atoms with Gasteiger partial charge >= 0.3 is 0 Å². The van der Waals surface area contributed by atoms with E-state index in [-0.39, 0.29) is 0 Å². The van der Waals surface area contributed by atoms with Gasteiger partial charge in [-0.25, -0.2) is 4.98 Å². The molecule has 2 aromatic rings. The first-order chi connectivity index (χ1) is 9.15. The lowest BCUT2D eigenvalue weighted by atomic mass is 9.96. The molecule has 1 fully saturated rings. The van der Waals surface area contributed by atoms with Gasteiger partial charge in [-0.2, -0.15) is 0 Å². The number of halogens is 1. The Bertz CT molecular complexity index is 597. The highest BCUT2D eigenvalue weighted by atomic mass is 79.9. The van der Waals surface area contributed by atoms with Crippen LogP contribution in [0.1, 0.15) is 24.2 Å². The van der Waals surface area contributed by atoms with Gasteiger partial charge in [0, 0.05) is 17.9 Å². The average Bonchev–Trinajstić information content (AvgIpc) is 2.69. The molecule has 0 aliphatic carbocycles. The number of aryl methyl sites for hydroxylation is 2. The molecule has 0 bridgehead atoms. The van der Waals surface area contributed by atoms with Crippen LogP contribution < -0.4 is 5.32 Å². The summed E-state index contributed by atoms with van der Waals surface area (Å²) in [6.07, 6.45) is 3.69. The van der Waals surface area contributed by atoms with Gasteiger partial charge in [0.05, 0.1) is 11.0 Å². The number of nitrogens with zero attached hydrogens (tertiary/aromatic N) is 2. The molecule has 4 heteroatoms. The normalized spacial score (nSPS) is 20.1. The van der Waals surface area contributed by atoms with E-state index in [1.54, 1.807) is 0 Å².